The minimum Gasteiger partial charge on any atom is -0.286 e. The van der Waals surface area contributed by atoms with E-state index in [1.54, 1.807) is 12.1 Å². The van der Waals surface area contributed by atoms with Crippen molar-refractivity contribution in [3.63, 3.8) is 0 Å². The smallest absolute Gasteiger partial charge is 0.162 e. The Morgan fingerprint density at radius 3 is 2.74 bits per heavy atom. The molecule has 0 aliphatic carbocycles. The van der Waals surface area contributed by atoms with Crippen molar-refractivity contribution in [3.8, 4) is 6.07 Å². The van der Waals surface area contributed by atoms with Gasteiger partial charge in [-0.05, 0) is 23.8 Å². The molecule has 0 bridgehead atoms. The molecule has 1 unspecified atom stereocenters. The van der Waals surface area contributed by atoms with Crippen molar-refractivity contribution >= 4 is 5.65 Å². The van der Waals surface area contributed by atoms with Gasteiger partial charge in [-0.2, -0.15) is 5.26 Å². The van der Waals surface area contributed by atoms with E-state index in [0.717, 1.165) is 24.3 Å². The highest BCUT2D eigenvalue weighted by Crippen LogP contribution is 2.26. The van der Waals surface area contributed by atoms with Crippen LogP contribution in [0.5, 0.6) is 0 Å². The first-order chi connectivity index (χ1) is 8.89. The Morgan fingerprint density at radius 2 is 2.11 bits per heavy atom. The van der Waals surface area contributed by atoms with Crippen molar-refractivity contribution in [1.82, 2.24) is 14.6 Å². The molecule has 0 saturated carbocycles. The van der Waals surface area contributed by atoms with Crippen LogP contribution in [0.15, 0.2) is 18.3 Å². The molecular weight excluding hydrogens is 236 g/mol. The molecule has 100 valence electrons. The van der Waals surface area contributed by atoms with Gasteiger partial charge in [0.2, 0.25) is 0 Å². The standard InChI is InChI=1S/C15H20N4/c1-11(9-15(2,3)4)7-13-17-18-14-8-12(10-16)5-6-19(13)14/h5-6,8,11H,7,9H2,1-4H3. The highest BCUT2D eigenvalue weighted by Gasteiger charge is 2.17. The summed E-state index contributed by atoms with van der Waals surface area (Å²) < 4.78 is 1.97. The van der Waals surface area contributed by atoms with Crippen LogP contribution in [0.2, 0.25) is 0 Å². The number of aromatic nitrogens is 3. The molecule has 2 aromatic heterocycles. The Labute approximate surface area is 114 Å². The summed E-state index contributed by atoms with van der Waals surface area (Å²) in [6.45, 7) is 9.01. The number of hydrogen-bond acceptors (Lipinski definition) is 3. The lowest BCUT2D eigenvalue weighted by molar-refractivity contribution is 0.303. The highest BCUT2D eigenvalue weighted by molar-refractivity contribution is 5.45. The minimum absolute atomic E-state index is 0.327. The first-order valence-electron chi connectivity index (χ1n) is 6.63. The van der Waals surface area contributed by atoms with Crippen LogP contribution in [0.4, 0.5) is 0 Å². The molecule has 4 heteroatoms. The van der Waals surface area contributed by atoms with Crippen molar-refractivity contribution < 1.29 is 0 Å². The molecule has 19 heavy (non-hydrogen) atoms. The average molecular weight is 256 g/mol. The Bertz CT molecular complexity index is 613. The fraction of sp³-hybridized carbons (Fsp3) is 0.533. The van der Waals surface area contributed by atoms with Gasteiger partial charge in [-0.3, -0.25) is 4.40 Å². The lowest BCUT2D eigenvalue weighted by atomic mass is 9.84. The Kier molecular flexibility index (Phi) is 3.57. The van der Waals surface area contributed by atoms with E-state index in [0.29, 0.717) is 16.9 Å². The zero-order valence-electron chi connectivity index (χ0n) is 12.0. The molecule has 0 aliphatic rings. The van der Waals surface area contributed by atoms with E-state index in [1.165, 1.54) is 0 Å². The number of nitrogens with zero attached hydrogens (tertiary/aromatic N) is 4. The molecular formula is C15H20N4. The molecule has 2 aromatic rings. The van der Waals surface area contributed by atoms with Crippen LogP contribution in [-0.4, -0.2) is 14.6 Å². The van der Waals surface area contributed by atoms with E-state index in [9.17, 15) is 0 Å². The van der Waals surface area contributed by atoms with Crippen molar-refractivity contribution in [3.05, 3.63) is 29.7 Å². The lowest BCUT2D eigenvalue weighted by Gasteiger charge is -2.22. The third kappa shape index (κ3) is 3.31. The molecule has 0 saturated heterocycles. The number of rotatable bonds is 3. The summed E-state index contributed by atoms with van der Waals surface area (Å²) in [6, 6.07) is 5.69. The molecule has 2 heterocycles. The van der Waals surface area contributed by atoms with Crippen molar-refractivity contribution in [2.45, 2.75) is 40.5 Å². The van der Waals surface area contributed by atoms with E-state index in [2.05, 4.69) is 44.0 Å². The number of hydrogen-bond donors (Lipinski definition) is 0. The topological polar surface area (TPSA) is 54.0 Å². The summed E-state index contributed by atoms with van der Waals surface area (Å²) in [5.41, 5.74) is 1.69. The highest BCUT2D eigenvalue weighted by atomic mass is 15.2. The summed E-state index contributed by atoms with van der Waals surface area (Å²) in [4.78, 5) is 0. The van der Waals surface area contributed by atoms with Crippen molar-refractivity contribution in [1.29, 1.82) is 5.26 Å². The van der Waals surface area contributed by atoms with Crippen molar-refractivity contribution in [2.75, 3.05) is 0 Å². The van der Waals surface area contributed by atoms with Gasteiger partial charge in [0.25, 0.3) is 0 Å². The van der Waals surface area contributed by atoms with Gasteiger partial charge >= 0.3 is 0 Å². The van der Waals surface area contributed by atoms with Gasteiger partial charge in [0.15, 0.2) is 5.65 Å². The molecule has 2 rings (SSSR count). The minimum atomic E-state index is 0.327. The van der Waals surface area contributed by atoms with Gasteiger partial charge in [0, 0.05) is 18.7 Å². The van der Waals surface area contributed by atoms with Crippen LogP contribution < -0.4 is 0 Å². The molecule has 1 atom stereocenters. The summed E-state index contributed by atoms with van der Waals surface area (Å²) in [7, 11) is 0. The van der Waals surface area contributed by atoms with Gasteiger partial charge < -0.3 is 0 Å². The van der Waals surface area contributed by atoms with Crippen LogP contribution in [0.25, 0.3) is 5.65 Å². The maximum Gasteiger partial charge on any atom is 0.162 e. The van der Waals surface area contributed by atoms with E-state index >= 15 is 0 Å². The predicted molar refractivity (Wildman–Crippen MR) is 74.6 cm³/mol. The SMILES string of the molecule is CC(Cc1nnc2cc(C#N)ccn12)CC(C)(C)C. The summed E-state index contributed by atoms with van der Waals surface area (Å²) in [5.74, 6) is 1.53. The average Bonchev–Trinajstić information content (AvgIpc) is 2.69. The normalized spacial score (nSPS) is 13.4. The van der Waals surface area contributed by atoms with Crippen molar-refractivity contribution in [2.24, 2.45) is 11.3 Å². The first-order valence-corrected chi connectivity index (χ1v) is 6.63. The summed E-state index contributed by atoms with van der Waals surface area (Å²) in [5, 5.41) is 17.3. The Morgan fingerprint density at radius 1 is 1.37 bits per heavy atom. The molecule has 0 spiro atoms. The van der Waals surface area contributed by atoms with Crippen LogP contribution >= 0.6 is 0 Å². The van der Waals surface area contributed by atoms with Crippen LogP contribution in [0.1, 0.15) is 45.5 Å². The van der Waals surface area contributed by atoms with E-state index in [4.69, 9.17) is 5.26 Å². The number of nitriles is 1. The number of pyridine rings is 1. The Balaban J connectivity index is 2.20. The predicted octanol–water partition coefficient (Wildman–Crippen LogP) is 3.22. The van der Waals surface area contributed by atoms with Gasteiger partial charge in [-0.15, -0.1) is 10.2 Å². The second kappa shape index (κ2) is 5.00. The van der Waals surface area contributed by atoms with E-state index in [-0.39, 0.29) is 0 Å². The summed E-state index contributed by atoms with van der Waals surface area (Å²) >= 11 is 0. The largest absolute Gasteiger partial charge is 0.286 e. The van der Waals surface area contributed by atoms with Gasteiger partial charge in [-0.25, -0.2) is 0 Å². The Hall–Kier alpha value is -1.89. The van der Waals surface area contributed by atoms with Gasteiger partial charge in [0.1, 0.15) is 5.82 Å². The molecule has 4 nitrogen and oxygen atoms in total. The zero-order valence-corrected chi connectivity index (χ0v) is 12.0. The van der Waals surface area contributed by atoms with Gasteiger partial charge in [-0.1, -0.05) is 27.7 Å². The monoisotopic (exact) mass is 256 g/mol. The molecule has 0 N–H and O–H groups in total. The molecule has 0 aliphatic heterocycles. The second-order valence-corrected chi connectivity index (χ2v) is 6.45. The fourth-order valence-electron chi connectivity index (χ4n) is 2.58. The first kappa shape index (κ1) is 13.5. The molecule has 0 aromatic carbocycles. The molecule has 0 fully saturated rings. The maximum atomic E-state index is 8.87. The van der Waals surface area contributed by atoms with E-state index < -0.39 is 0 Å². The second-order valence-electron chi connectivity index (χ2n) is 6.45. The van der Waals surface area contributed by atoms with Crippen LogP contribution in [-0.2, 0) is 6.42 Å². The zero-order chi connectivity index (χ0) is 14.0. The van der Waals surface area contributed by atoms with E-state index in [1.807, 2.05) is 10.6 Å². The lowest BCUT2D eigenvalue weighted by Crippen LogP contribution is -2.14. The third-order valence-corrected chi connectivity index (χ3v) is 3.10. The fourth-order valence-corrected chi connectivity index (χ4v) is 2.58. The van der Waals surface area contributed by atoms with Crippen LogP contribution in [0, 0.1) is 22.7 Å². The van der Waals surface area contributed by atoms with Crippen LogP contribution in [0.3, 0.4) is 0 Å². The maximum absolute atomic E-state index is 8.87. The quantitative estimate of drug-likeness (QED) is 0.847. The molecule has 0 amide bonds. The third-order valence-electron chi connectivity index (χ3n) is 3.10. The molecule has 0 radical (unpaired) electrons. The van der Waals surface area contributed by atoms with Gasteiger partial charge in [0.05, 0.1) is 11.6 Å². The number of fused-ring (bicyclic) bond motifs is 1. The summed E-state index contributed by atoms with van der Waals surface area (Å²) in [6.07, 6.45) is 3.94.